The maximum Gasteiger partial charge on any atom is 0.453 e. The van der Waals surface area contributed by atoms with Gasteiger partial charge in [-0.05, 0) is 19.9 Å². The summed E-state index contributed by atoms with van der Waals surface area (Å²) >= 11 is 0. The molecule has 1 amide bonds. The molecule has 30 heavy (non-hydrogen) atoms. The van der Waals surface area contributed by atoms with Crippen LogP contribution in [0.3, 0.4) is 0 Å². The highest BCUT2D eigenvalue weighted by atomic mass is 19.4. The van der Waals surface area contributed by atoms with Crippen molar-refractivity contribution in [3.63, 3.8) is 0 Å². The van der Waals surface area contributed by atoms with Crippen LogP contribution in [-0.2, 0) is 14.4 Å². The molecule has 1 N–H and O–H groups in total. The van der Waals surface area contributed by atoms with Gasteiger partial charge in [-0.15, -0.1) is 5.48 Å². The van der Waals surface area contributed by atoms with Crippen molar-refractivity contribution >= 4 is 12.1 Å². The Morgan fingerprint density at radius 1 is 0.933 bits per heavy atom. The lowest BCUT2D eigenvalue weighted by Gasteiger charge is -2.29. The minimum atomic E-state index is -6.22. The Hall–Kier alpha value is -2.22. The summed E-state index contributed by atoms with van der Waals surface area (Å²) in [7, 11) is 0. The zero-order valence-electron chi connectivity index (χ0n) is 15.4. The predicted molar refractivity (Wildman–Crippen MR) is 79.6 cm³/mol. The summed E-state index contributed by atoms with van der Waals surface area (Å²) in [5.41, 5.74) is 0.700. The highest BCUT2D eigenvalue weighted by Crippen LogP contribution is 2.46. The lowest BCUT2D eigenvalue weighted by molar-refractivity contribution is -0.294. The van der Waals surface area contributed by atoms with E-state index in [2.05, 4.69) is 9.57 Å². The van der Waals surface area contributed by atoms with E-state index in [-0.39, 0.29) is 12.7 Å². The summed E-state index contributed by atoms with van der Waals surface area (Å²) in [6, 6.07) is 0. The van der Waals surface area contributed by atoms with Crippen molar-refractivity contribution in [1.29, 1.82) is 0 Å². The average Bonchev–Trinajstić information content (AvgIpc) is 2.56. The molecule has 0 fully saturated rings. The second kappa shape index (κ2) is 10.2. The first-order chi connectivity index (χ1) is 13.4. The van der Waals surface area contributed by atoms with Crippen molar-refractivity contribution < 1.29 is 63.1 Å². The number of halogens is 10. The van der Waals surface area contributed by atoms with Crippen LogP contribution in [0.1, 0.15) is 33.1 Å². The highest BCUT2D eigenvalue weighted by Gasteiger charge is 2.62. The van der Waals surface area contributed by atoms with Gasteiger partial charge in [0.2, 0.25) is 0 Å². The molecule has 0 aromatic heterocycles. The van der Waals surface area contributed by atoms with Gasteiger partial charge < -0.3 is 9.57 Å². The lowest BCUT2D eigenvalue weighted by atomic mass is 9.98. The molecule has 0 aromatic rings. The molecule has 0 saturated carbocycles. The van der Waals surface area contributed by atoms with Gasteiger partial charge in [0.1, 0.15) is 6.17 Å². The summed E-state index contributed by atoms with van der Waals surface area (Å²) in [6.45, 7) is 2.10. The van der Waals surface area contributed by atoms with E-state index in [4.69, 9.17) is 0 Å². The van der Waals surface area contributed by atoms with Gasteiger partial charge >= 0.3 is 36.0 Å². The number of allylic oxidation sites excluding steroid dienone is 1. The molecule has 1 atom stereocenters. The monoisotopic (exact) mass is 465 g/mol. The molecule has 0 aliphatic carbocycles. The topological polar surface area (TPSA) is 64.6 Å². The van der Waals surface area contributed by atoms with Crippen LogP contribution in [0.25, 0.3) is 0 Å². The predicted octanol–water partition coefficient (Wildman–Crippen LogP) is 5.11. The maximum atomic E-state index is 13.7. The van der Waals surface area contributed by atoms with Crippen LogP contribution in [0.5, 0.6) is 0 Å². The highest BCUT2D eigenvalue weighted by molar-refractivity contribution is 5.88. The number of carbonyl (C=O) groups is 2. The van der Waals surface area contributed by atoms with Crippen LogP contribution < -0.4 is 5.48 Å². The van der Waals surface area contributed by atoms with Gasteiger partial charge in [-0.25, -0.2) is 14.0 Å². The second-order valence-corrected chi connectivity index (χ2v) is 5.89. The minimum Gasteiger partial charge on any atom is -0.448 e. The third kappa shape index (κ3) is 8.26. The SMILES string of the molecule is CCOC(=O)NOC(=O)C(C)=CC(F)CC(F)(F)C(F)(F)CCC(F)(F)C(F)(F)F. The summed E-state index contributed by atoms with van der Waals surface area (Å²) in [6.07, 6.45) is -17.8. The van der Waals surface area contributed by atoms with Crippen LogP contribution in [0, 0.1) is 0 Å². The lowest BCUT2D eigenvalue weighted by Crippen LogP contribution is -2.45. The molecular weight excluding hydrogens is 448 g/mol. The maximum absolute atomic E-state index is 13.7. The molecule has 0 rings (SSSR count). The summed E-state index contributed by atoms with van der Waals surface area (Å²) in [4.78, 5) is 26.4. The number of ether oxygens (including phenoxy) is 1. The fourth-order valence-corrected chi connectivity index (χ4v) is 1.76. The molecule has 0 radical (unpaired) electrons. The average molecular weight is 465 g/mol. The normalized spacial score (nSPS) is 14.9. The fraction of sp³-hybridized carbons (Fsp3) is 0.733. The first-order valence-electron chi connectivity index (χ1n) is 8.03. The van der Waals surface area contributed by atoms with Gasteiger partial charge in [-0.1, -0.05) is 0 Å². The van der Waals surface area contributed by atoms with E-state index < -0.39 is 67.0 Å². The number of amides is 1. The van der Waals surface area contributed by atoms with Crippen LogP contribution in [0.4, 0.5) is 48.7 Å². The minimum absolute atomic E-state index is 0.108. The van der Waals surface area contributed by atoms with Gasteiger partial charge in [-0.2, -0.15) is 39.5 Å². The van der Waals surface area contributed by atoms with Gasteiger partial charge in [0, 0.05) is 18.4 Å². The smallest absolute Gasteiger partial charge is 0.448 e. The van der Waals surface area contributed by atoms with Crippen molar-refractivity contribution in [3.05, 3.63) is 11.6 Å². The summed E-state index contributed by atoms with van der Waals surface area (Å²) in [5.74, 6) is -17.8. The standard InChI is InChI=1S/C15H17F10NO4/c1-3-29-11(28)26-30-10(27)8(2)6-9(16)7-14(21,22)12(17,18)4-5-13(19,20)15(23,24)25/h6,9H,3-5,7H2,1-2H3,(H,26,28). The third-order valence-electron chi connectivity index (χ3n) is 3.41. The van der Waals surface area contributed by atoms with Crippen LogP contribution in [-0.4, -0.2) is 48.8 Å². The molecule has 176 valence electrons. The van der Waals surface area contributed by atoms with Gasteiger partial charge in [-0.3, -0.25) is 0 Å². The second-order valence-electron chi connectivity index (χ2n) is 5.89. The Bertz CT molecular complexity index is 633. The van der Waals surface area contributed by atoms with Gasteiger partial charge in [0.05, 0.1) is 13.0 Å². The molecule has 0 aromatic carbocycles. The van der Waals surface area contributed by atoms with Crippen molar-refractivity contribution in [1.82, 2.24) is 5.48 Å². The van der Waals surface area contributed by atoms with Crippen LogP contribution >= 0.6 is 0 Å². The van der Waals surface area contributed by atoms with Crippen molar-refractivity contribution in [2.45, 2.75) is 63.2 Å². The molecule has 15 heteroatoms. The Morgan fingerprint density at radius 3 is 1.90 bits per heavy atom. The first kappa shape index (κ1) is 27.8. The molecule has 5 nitrogen and oxygen atoms in total. The molecule has 0 saturated heterocycles. The third-order valence-corrected chi connectivity index (χ3v) is 3.41. The van der Waals surface area contributed by atoms with Crippen LogP contribution in [0.2, 0.25) is 0 Å². The van der Waals surface area contributed by atoms with Crippen molar-refractivity contribution in [2.75, 3.05) is 6.61 Å². The molecule has 0 aliphatic heterocycles. The Morgan fingerprint density at radius 2 is 1.43 bits per heavy atom. The molecule has 0 heterocycles. The van der Waals surface area contributed by atoms with E-state index in [1.54, 1.807) is 0 Å². The van der Waals surface area contributed by atoms with Crippen molar-refractivity contribution in [2.24, 2.45) is 0 Å². The zero-order chi connectivity index (χ0) is 24.0. The van der Waals surface area contributed by atoms with Crippen LogP contribution in [0.15, 0.2) is 11.6 Å². The molecule has 0 aliphatic rings. The molecule has 0 bridgehead atoms. The van der Waals surface area contributed by atoms with E-state index >= 15 is 0 Å². The zero-order valence-corrected chi connectivity index (χ0v) is 15.4. The number of hydrogen-bond donors (Lipinski definition) is 1. The first-order valence-corrected chi connectivity index (χ1v) is 8.03. The van der Waals surface area contributed by atoms with E-state index in [9.17, 15) is 53.5 Å². The summed E-state index contributed by atoms with van der Waals surface area (Å²) in [5, 5.41) is 0. The largest absolute Gasteiger partial charge is 0.453 e. The number of alkyl halides is 10. The van der Waals surface area contributed by atoms with Gasteiger partial charge in [0.15, 0.2) is 0 Å². The number of hydrogen-bond acceptors (Lipinski definition) is 4. The van der Waals surface area contributed by atoms with E-state index in [0.717, 1.165) is 6.92 Å². The van der Waals surface area contributed by atoms with Gasteiger partial charge in [0.25, 0.3) is 0 Å². The number of nitrogens with one attached hydrogen (secondary N) is 1. The van der Waals surface area contributed by atoms with Crippen molar-refractivity contribution in [3.8, 4) is 0 Å². The Kier molecular flexibility index (Phi) is 9.44. The molecular formula is C15H17F10NO4. The van der Waals surface area contributed by atoms with E-state index in [0.29, 0.717) is 0 Å². The van der Waals surface area contributed by atoms with E-state index in [1.807, 2.05) is 0 Å². The molecule has 0 spiro atoms. The molecule has 1 unspecified atom stereocenters. The summed E-state index contributed by atoms with van der Waals surface area (Å²) < 4.78 is 133. The number of hydroxylamine groups is 1. The van der Waals surface area contributed by atoms with E-state index in [1.165, 1.54) is 12.4 Å². The quantitative estimate of drug-likeness (QED) is 0.292. The number of rotatable bonds is 9. The number of carbonyl (C=O) groups excluding carboxylic acids is 2. The Labute approximate surface area is 163 Å². The Balaban J connectivity index is 5.00. The fourth-order valence-electron chi connectivity index (χ4n) is 1.76.